The van der Waals surface area contributed by atoms with Crippen molar-refractivity contribution in [1.29, 1.82) is 5.26 Å². The molecule has 1 aromatic rings. The first-order valence-electron chi connectivity index (χ1n) is 5.07. The molecular weight excluding hydrogens is 222 g/mol. The van der Waals surface area contributed by atoms with E-state index in [4.69, 9.17) is 10.00 Å². The lowest BCUT2D eigenvalue weighted by Gasteiger charge is -2.13. The van der Waals surface area contributed by atoms with Gasteiger partial charge in [0.1, 0.15) is 0 Å². The summed E-state index contributed by atoms with van der Waals surface area (Å²) in [5, 5.41) is 8.55. The molecule has 0 N–H and O–H groups in total. The average Bonchev–Trinajstić information content (AvgIpc) is 2.34. The van der Waals surface area contributed by atoms with Crippen LogP contribution in [0.4, 0.5) is 0 Å². The van der Waals surface area contributed by atoms with Gasteiger partial charge in [-0.3, -0.25) is 4.21 Å². The molecule has 0 aliphatic rings. The third-order valence-electron chi connectivity index (χ3n) is 2.25. The number of hydrogen-bond donors (Lipinski definition) is 0. The predicted molar refractivity (Wildman–Crippen MR) is 64.3 cm³/mol. The largest absolute Gasteiger partial charge is 0.384 e. The molecule has 0 aliphatic carbocycles. The van der Waals surface area contributed by atoms with E-state index in [1.807, 2.05) is 30.3 Å². The maximum atomic E-state index is 12.0. The molecule has 0 saturated carbocycles. The van der Waals surface area contributed by atoms with Crippen LogP contribution in [0.2, 0.25) is 0 Å². The van der Waals surface area contributed by atoms with E-state index in [2.05, 4.69) is 6.07 Å². The summed E-state index contributed by atoms with van der Waals surface area (Å²) in [6.07, 6.45) is 0.278. The minimum Gasteiger partial charge on any atom is -0.384 e. The minimum absolute atomic E-state index is 0.207. The fourth-order valence-corrected chi connectivity index (χ4v) is 2.76. The molecule has 0 heterocycles. The SMILES string of the molecule is COCCS(=O)C(CC#N)c1ccccc1. The van der Waals surface area contributed by atoms with Gasteiger partial charge in [-0.15, -0.1) is 0 Å². The molecule has 0 bridgehead atoms. The van der Waals surface area contributed by atoms with Crippen molar-refractivity contribution in [2.75, 3.05) is 19.5 Å². The number of methoxy groups -OCH3 is 1. The Morgan fingerprint density at radius 1 is 1.44 bits per heavy atom. The lowest BCUT2D eigenvalue weighted by Crippen LogP contribution is -2.12. The molecule has 0 saturated heterocycles. The second kappa shape index (κ2) is 7.15. The summed E-state index contributed by atoms with van der Waals surface area (Å²) in [5.41, 5.74) is 0.957. The topological polar surface area (TPSA) is 50.1 Å². The Labute approximate surface area is 98.5 Å². The van der Waals surface area contributed by atoms with Crippen LogP contribution in [0.3, 0.4) is 0 Å². The van der Waals surface area contributed by atoms with Crippen LogP contribution >= 0.6 is 0 Å². The van der Waals surface area contributed by atoms with Crippen LogP contribution in [0.15, 0.2) is 30.3 Å². The molecule has 1 rings (SSSR count). The van der Waals surface area contributed by atoms with E-state index in [0.29, 0.717) is 12.4 Å². The monoisotopic (exact) mass is 237 g/mol. The summed E-state index contributed by atoms with van der Waals surface area (Å²) in [7, 11) is 0.526. The van der Waals surface area contributed by atoms with Crippen LogP contribution in [0.25, 0.3) is 0 Å². The van der Waals surface area contributed by atoms with Crippen LogP contribution in [-0.2, 0) is 15.5 Å². The number of rotatable bonds is 6. The first-order valence-corrected chi connectivity index (χ1v) is 6.45. The normalized spacial score (nSPS) is 14.0. The molecule has 0 aromatic heterocycles. The molecule has 0 aliphatic heterocycles. The van der Waals surface area contributed by atoms with Gasteiger partial charge in [-0.1, -0.05) is 30.3 Å². The summed E-state index contributed by atoms with van der Waals surface area (Å²) in [6, 6.07) is 11.6. The van der Waals surface area contributed by atoms with Gasteiger partial charge in [0.2, 0.25) is 0 Å². The summed E-state index contributed by atoms with van der Waals surface area (Å²) >= 11 is 0. The van der Waals surface area contributed by atoms with Crippen molar-refractivity contribution in [3.05, 3.63) is 35.9 Å². The number of nitriles is 1. The molecular formula is C12H15NO2S. The Balaban J connectivity index is 2.76. The lowest BCUT2D eigenvalue weighted by atomic mass is 10.1. The van der Waals surface area contributed by atoms with Gasteiger partial charge >= 0.3 is 0 Å². The molecule has 0 spiro atoms. The zero-order valence-electron chi connectivity index (χ0n) is 9.26. The number of ether oxygens (including phenoxy) is 1. The van der Waals surface area contributed by atoms with Crippen molar-refractivity contribution in [2.24, 2.45) is 0 Å². The van der Waals surface area contributed by atoms with Crippen molar-refractivity contribution in [2.45, 2.75) is 11.7 Å². The summed E-state index contributed by atoms with van der Waals surface area (Å²) in [6.45, 7) is 0.460. The number of hydrogen-bond acceptors (Lipinski definition) is 3. The van der Waals surface area contributed by atoms with Crippen LogP contribution in [0.5, 0.6) is 0 Å². The highest BCUT2D eigenvalue weighted by atomic mass is 32.2. The third-order valence-corrected chi connectivity index (χ3v) is 3.90. The van der Waals surface area contributed by atoms with Gasteiger partial charge in [0.25, 0.3) is 0 Å². The number of benzene rings is 1. The first kappa shape index (κ1) is 12.9. The van der Waals surface area contributed by atoms with Gasteiger partial charge < -0.3 is 4.74 Å². The molecule has 1 aromatic carbocycles. The highest BCUT2D eigenvalue weighted by molar-refractivity contribution is 7.85. The van der Waals surface area contributed by atoms with Crippen molar-refractivity contribution < 1.29 is 8.95 Å². The minimum atomic E-state index is -1.06. The third kappa shape index (κ3) is 3.76. The molecule has 4 heteroatoms. The van der Waals surface area contributed by atoms with Gasteiger partial charge in [0, 0.05) is 23.7 Å². The molecule has 2 atom stereocenters. The summed E-state index contributed by atoms with van der Waals surface area (Å²) < 4.78 is 16.9. The Morgan fingerprint density at radius 2 is 2.12 bits per heavy atom. The van der Waals surface area contributed by atoms with Crippen LogP contribution < -0.4 is 0 Å². The van der Waals surface area contributed by atoms with Crippen molar-refractivity contribution in [3.63, 3.8) is 0 Å². The van der Waals surface area contributed by atoms with Crippen molar-refractivity contribution in [3.8, 4) is 6.07 Å². The highest BCUT2D eigenvalue weighted by Gasteiger charge is 2.18. The number of nitrogens with zero attached hydrogens (tertiary/aromatic N) is 1. The maximum absolute atomic E-state index is 12.0. The summed E-state index contributed by atoms with van der Waals surface area (Å²) in [4.78, 5) is 0. The van der Waals surface area contributed by atoms with Crippen LogP contribution in [0, 0.1) is 11.3 Å². The van der Waals surface area contributed by atoms with Gasteiger partial charge in [-0.2, -0.15) is 5.26 Å². The first-order chi connectivity index (χ1) is 7.79. The smallest absolute Gasteiger partial charge is 0.0727 e. The molecule has 0 amide bonds. The Hall–Kier alpha value is -1.18. The van der Waals surface area contributed by atoms with Crippen LogP contribution in [-0.4, -0.2) is 23.7 Å². The van der Waals surface area contributed by atoms with Gasteiger partial charge in [-0.05, 0) is 5.56 Å². The molecule has 0 fully saturated rings. The zero-order valence-corrected chi connectivity index (χ0v) is 10.1. The van der Waals surface area contributed by atoms with E-state index in [-0.39, 0.29) is 11.7 Å². The maximum Gasteiger partial charge on any atom is 0.0727 e. The van der Waals surface area contributed by atoms with E-state index >= 15 is 0 Å². The quantitative estimate of drug-likeness (QED) is 0.760. The van der Waals surface area contributed by atoms with E-state index in [1.165, 1.54) is 0 Å². The second-order valence-electron chi connectivity index (χ2n) is 3.34. The van der Waals surface area contributed by atoms with Gasteiger partial charge in [-0.25, -0.2) is 0 Å². The standard InChI is InChI=1S/C12H15NO2S/c1-15-9-10-16(14)12(7-8-13)11-5-3-2-4-6-11/h2-6,12H,7,9-10H2,1H3. The second-order valence-corrected chi connectivity index (χ2v) is 5.08. The highest BCUT2D eigenvalue weighted by Crippen LogP contribution is 2.23. The van der Waals surface area contributed by atoms with E-state index < -0.39 is 10.8 Å². The Morgan fingerprint density at radius 3 is 2.69 bits per heavy atom. The van der Waals surface area contributed by atoms with Gasteiger partial charge in [0.05, 0.1) is 24.3 Å². The Kier molecular flexibility index (Phi) is 5.76. The van der Waals surface area contributed by atoms with E-state index in [0.717, 1.165) is 5.56 Å². The zero-order chi connectivity index (χ0) is 11.8. The summed E-state index contributed by atoms with van der Waals surface area (Å²) in [5.74, 6) is 0.470. The predicted octanol–water partition coefficient (Wildman–Crippen LogP) is 2.04. The average molecular weight is 237 g/mol. The molecule has 16 heavy (non-hydrogen) atoms. The lowest BCUT2D eigenvalue weighted by molar-refractivity contribution is 0.218. The van der Waals surface area contributed by atoms with Crippen molar-refractivity contribution in [1.82, 2.24) is 0 Å². The molecule has 2 unspecified atom stereocenters. The van der Waals surface area contributed by atoms with Crippen molar-refractivity contribution >= 4 is 10.8 Å². The Bertz CT molecular complexity index is 372. The molecule has 3 nitrogen and oxygen atoms in total. The van der Waals surface area contributed by atoms with E-state index in [9.17, 15) is 4.21 Å². The molecule has 0 radical (unpaired) electrons. The fourth-order valence-electron chi connectivity index (χ4n) is 1.42. The van der Waals surface area contributed by atoms with E-state index in [1.54, 1.807) is 7.11 Å². The fraction of sp³-hybridized carbons (Fsp3) is 0.417. The van der Waals surface area contributed by atoms with Crippen LogP contribution in [0.1, 0.15) is 17.2 Å². The molecule has 86 valence electrons. The van der Waals surface area contributed by atoms with Gasteiger partial charge in [0.15, 0.2) is 0 Å².